The van der Waals surface area contributed by atoms with Gasteiger partial charge in [0, 0.05) is 4.88 Å². The van der Waals surface area contributed by atoms with E-state index in [-0.39, 0.29) is 5.69 Å². The van der Waals surface area contributed by atoms with Gasteiger partial charge in [-0.05, 0) is 31.2 Å². The Morgan fingerprint density at radius 1 is 1.35 bits per heavy atom. The summed E-state index contributed by atoms with van der Waals surface area (Å²) in [6, 6.07) is 6.04. The number of nitro groups is 1. The fraction of sp³-hybridized carbons (Fsp3) is 0.143. The van der Waals surface area contributed by atoms with Crippen LogP contribution in [0.3, 0.4) is 0 Å². The molecule has 0 aliphatic rings. The second-order valence-electron chi connectivity index (χ2n) is 4.45. The Kier molecular flexibility index (Phi) is 5.02. The largest absolute Gasteiger partial charge is 0.451 e. The molecule has 1 aromatic heterocycles. The van der Waals surface area contributed by atoms with Crippen LogP contribution < -0.4 is 5.32 Å². The maximum Gasteiger partial charge on any atom is 0.348 e. The molecule has 2 rings (SSSR count). The Hall–Kier alpha value is -2.81. The minimum atomic E-state index is -0.820. The normalized spacial score (nSPS) is 10.2. The maximum atomic E-state index is 13.0. The van der Waals surface area contributed by atoms with Gasteiger partial charge in [-0.1, -0.05) is 0 Å². The van der Waals surface area contributed by atoms with Crippen molar-refractivity contribution in [3.63, 3.8) is 0 Å². The molecule has 0 aliphatic heterocycles. The summed E-state index contributed by atoms with van der Waals surface area (Å²) in [5.74, 6) is -2.22. The molecular weight excluding hydrogens is 327 g/mol. The van der Waals surface area contributed by atoms with Crippen molar-refractivity contribution in [2.45, 2.75) is 6.92 Å². The summed E-state index contributed by atoms with van der Waals surface area (Å²) < 4.78 is 17.8. The summed E-state index contributed by atoms with van der Waals surface area (Å²) >= 11 is 1.22. The smallest absolute Gasteiger partial charge is 0.348 e. The van der Waals surface area contributed by atoms with Gasteiger partial charge in [-0.25, -0.2) is 9.18 Å². The van der Waals surface area contributed by atoms with Crippen molar-refractivity contribution in [1.82, 2.24) is 0 Å². The van der Waals surface area contributed by atoms with Crippen LogP contribution in [0.5, 0.6) is 0 Å². The van der Waals surface area contributed by atoms with E-state index in [1.54, 1.807) is 12.1 Å². The van der Waals surface area contributed by atoms with Crippen molar-refractivity contribution < 1.29 is 23.6 Å². The number of nitrogens with zero attached hydrogens (tertiary/aromatic N) is 1. The first-order valence-corrected chi connectivity index (χ1v) is 7.16. The summed E-state index contributed by atoms with van der Waals surface area (Å²) in [6.45, 7) is 1.21. The number of anilines is 1. The number of carbonyl (C=O) groups excluding carboxylic acids is 2. The van der Waals surface area contributed by atoms with Crippen LogP contribution in [0.1, 0.15) is 14.5 Å². The number of thiophene rings is 1. The van der Waals surface area contributed by atoms with Crippen LogP contribution in [0.4, 0.5) is 15.8 Å². The van der Waals surface area contributed by atoms with Gasteiger partial charge in [-0.3, -0.25) is 14.9 Å². The summed E-state index contributed by atoms with van der Waals surface area (Å²) in [4.78, 5) is 34.7. The molecule has 1 heterocycles. The van der Waals surface area contributed by atoms with E-state index in [0.717, 1.165) is 17.0 Å². The van der Waals surface area contributed by atoms with Gasteiger partial charge in [0.05, 0.1) is 11.0 Å². The predicted octanol–water partition coefficient (Wildman–Crippen LogP) is 2.90. The third kappa shape index (κ3) is 4.33. The summed E-state index contributed by atoms with van der Waals surface area (Å²) in [6.07, 6.45) is 0. The van der Waals surface area contributed by atoms with Gasteiger partial charge in [-0.2, -0.15) is 0 Å². The Morgan fingerprint density at radius 3 is 2.70 bits per heavy atom. The molecule has 1 N–H and O–H groups in total. The second-order valence-corrected chi connectivity index (χ2v) is 5.74. The van der Waals surface area contributed by atoms with E-state index in [2.05, 4.69) is 5.32 Å². The van der Waals surface area contributed by atoms with Gasteiger partial charge in [-0.15, -0.1) is 11.3 Å². The Bertz CT molecular complexity index is 774. The number of nitro benzene ring substituents is 1. The van der Waals surface area contributed by atoms with Gasteiger partial charge in [0.25, 0.3) is 11.6 Å². The van der Waals surface area contributed by atoms with E-state index < -0.39 is 34.9 Å². The fourth-order valence-corrected chi connectivity index (χ4v) is 2.46. The number of carbonyl (C=O) groups is 2. The van der Waals surface area contributed by atoms with Crippen molar-refractivity contribution in [3.8, 4) is 0 Å². The molecule has 0 fully saturated rings. The summed E-state index contributed by atoms with van der Waals surface area (Å²) in [5.41, 5.74) is -0.761. The SMILES string of the molecule is Cc1ccc(C(=O)OCC(=O)Nc2ccc(F)cc2[N+](=O)[O-])s1. The monoisotopic (exact) mass is 338 g/mol. The lowest BCUT2D eigenvalue weighted by Crippen LogP contribution is -2.21. The topological polar surface area (TPSA) is 98.5 Å². The number of hydrogen-bond donors (Lipinski definition) is 1. The third-order valence-corrected chi connectivity index (χ3v) is 3.69. The lowest BCUT2D eigenvalue weighted by molar-refractivity contribution is -0.384. The van der Waals surface area contributed by atoms with Crippen LogP contribution in [-0.4, -0.2) is 23.4 Å². The average molecular weight is 338 g/mol. The van der Waals surface area contributed by atoms with Crippen LogP contribution in [0.25, 0.3) is 0 Å². The maximum absolute atomic E-state index is 13.0. The molecule has 120 valence electrons. The van der Waals surface area contributed by atoms with E-state index in [1.165, 1.54) is 11.3 Å². The van der Waals surface area contributed by atoms with Gasteiger partial charge < -0.3 is 10.1 Å². The van der Waals surface area contributed by atoms with Crippen LogP contribution in [0.2, 0.25) is 0 Å². The van der Waals surface area contributed by atoms with Gasteiger partial charge >= 0.3 is 5.97 Å². The first kappa shape index (κ1) is 16.6. The van der Waals surface area contributed by atoms with Crippen molar-refractivity contribution in [2.24, 2.45) is 0 Å². The van der Waals surface area contributed by atoms with Crippen molar-refractivity contribution in [3.05, 3.63) is 56.0 Å². The van der Waals surface area contributed by atoms with Gasteiger partial charge in [0.15, 0.2) is 6.61 Å². The molecule has 0 unspecified atom stereocenters. The molecule has 0 bridgehead atoms. The number of esters is 1. The Labute approximate surface area is 133 Å². The highest BCUT2D eigenvalue weighted by Crippen LogP contribution is 2.24. The van der Waals surface area contributed by atoms with Crippen molar-refractivity contribution in [1.29, 1.82) is 0 Å². The first-order chi connectivity index (χ1) is 10.9. The third-order valence-electron chi connectivity index (χ3n) is 2.71. The van der Waals surface area contributed by atoms with Gasteiger partial charge in [0.2, 0.25) is 0 Å². The molecule has 23 heavy (non-hydrogen) atoms. The van der Waals surface area contributed by atoms with Crippen LogP contribution in [-0.2, 0) is 9.53 Å². The second kappa shape index (κ2) is 6.97. The molecule has 1 aromatic carbocycles. The minimum Gasteiger partial charge on any atom is -0.451 e. The Balaban J connectivity index is 1.97. The van der Waals surface area contributed by atoms with Crippen molar-refractivity contribution in [2.75, 3.05) is 11.9 Å². The zero-order valence-corrected chi connectivity index (χ0v) is 12.7. The van der Waals surface area contributed by atoms with Crippen LogP contribution >= 0.6 is 11.3 Å². The number of amides is 1. The Morgan fingerprint density at radius 2 is 2.09 bits per heavy atom. The molecule has 7 nitrogen and oxygen atoms in total. The lowest BCUT2D eigenvalue weighted by Gasteiger charge is -2.06. The number of nitrogens with one attached hydrogen (secondary N) is 1. The van der Waals surface area contributed by atoms with E-state index in [4.69, 9.17) is 4.74 Å². The van der Waals surface area contributed by atoms with E-state index in [9.17, 15) is 24.1 Å². The number of benzene rings is 1. The van der Waals surface area contributed by atoms with Gasteiger partial charge in [0.1, 0.15) is 16.4 Å². The molecule has 0 radical (unpaired) electrons. The molecule has 0 aliphatic carbocycles. The fourth-order valence-electron chi connectivity index (χ4n) is 1.69. The average Bonchev–Trinajstić information content (AvgIpc) is 2.93. The first-order valence-electron chi connectivity index (χ1n) is 6.34. The molecule has 1 amide bonds. The van der Waals surface area contributed by atoms with Crippen LogP contribution in [0, 0.1) is 22.9 Å². The zero-order chi connectivity index (χ0) is 17.0. The number of halogens is 1. The number of rotatable bonds is 5. The number of hydrogen-bond acceptors (Lipinski definition) is 6. The number of aryl methyl sites for hydroxylation is 1. The van der Waals surface area contributed by atoms with Crippen molar-refractivity contribution >= 4 is 34.6 Å². The molecule has 0 atom stereocenters. The molecular formula is C14H11FN2O5S. The highest BCUT2D eigenvalue weighted by atomic mass is 32.1. The van der Waals surface area contributed by atoms with E-state index >= 15 is 0 Å². The highest BCUT2D eigenvalue weighted by Gasteiger charge is 2.18. The highest BCUT2D eigenvalue weighted by molar-refractivity contribution is 7.13. The standard InChI is InChI=1S/C14H11FN2O5S/c1-8-2-5-12(23-8)14(19)22-7-13(18)16-10-4-3-9(15)6-11(10)17(20)21/h2-6H,7H2,1H3,(H,16,18). The quantitative estimate of drug-likeness (QED) is 0.513. The molecule has 0 saturated carbocycles. The lowest BCUT2D eigenvalue weighted by atomic mass is 10.2. The molecule has 0 saturated heterocycles. The zero-order valence-electron chi connectivity index (χ0n) is 11.9. The van der Waals surface area contributed by atoms with Crippen LogP contribution in [0.15, 0.2) is 30.3 Å². The molecule has 0 spiro atoms. The summed E-state index contributed by atoms with van der Waals surface area (Å²) in [7, 11) is 0. The van der Waals surface area contributed by atoms with E-state index in [0.29, 0.717) is 10.9 Å². The molecule has 9 heteroatoms. The number of ether oxygens (including phenoxy) is 1. The predicted molar refractivity (Wildman–Crippen MR) is 81.0 cm³/mol. The molecule has 2 aromatic rings. The summed E-state index contributed by atoms with van der Waals surface area (Å²) in [5, 5.41) is 13.0. The minimum absolute atomic E-state index is 0.176. The van der Waals surface area contributed by atoms with E-state index in [1.807, 2.05) is 6.92 Å².